The maximum absolute atomic E-state index is 12.8. The summed E-state index contributed by atoms with van der Waals surface area (Å²) in [6.07, 6.45) is 6.90. The standard InChI is InChI=1S/C17H22N4O2/c1-10-11(14(22)21-16(2)5-4-6-16)12-13(20-17(3)7-8-17)18-9-19-15(12)23-10/h9H,4-8H2,1-3H3,(H,21,22)(H,18,19,20). The summed E-state index contributed by atoms with van der Waals surface area (Å²) in [6.45, 7) is 6.05. The van der Waals surface area contributed by atoms with Gasteiger partial charge in [0.05, 0.1) is 10.9 Å². The van der Waals surface area contributed by atoms with Crippen LogP contribution in [-0.4, -0.2) is 27.0 Å². The first-order chi connectivity index (χ1) is 10.9. The van der Waals surface area contributed by atoms with Crippen molar-refractivity contribution in [1.82, 2.24) is 15.3 Å². The molecule has 2 aliphatic rings. The molecule has 0 bridgehead atoms. The van der Waals surface area contributed by atoms with E-state index in [1.165, 1.54) is 6.33 Å². The first-order valence-corrected chi connectivity index (χ1v) is 8.24. The van der Waals surface area contributed by atoms with E-state index in [4.69, 9.17) is 4.42 Å². The number of furan rings is 1. The number of amides is 1. The highest BCUT2D eigenvalue weighted by Crippen LogP contribution is 2.40. The van der Waals surface area contributed by atoms with Crippen molar-refractivity contribution in [1.29, 1.82) is 0 Å². The Morgan fingerprint density at radius 3 is 2.52 bits per heavy atom. The van der Waals surface area contributed by atoms with Gasteiger partial charge in [0.25, 0.3) is 5.91 Å². The number of aromatic nitrogens is 2. The van der Waals surface area contributed by atoms with Gasteiger partial charge < -0.3 is 15.1 Å². The molecule has 2 aromatic rings. The first-order valence-electron chi connectivity index (χ1n) is 8.24. The summed E-state index contributed by atoms with van der Waals surface area (Å²) in [7, 11) is 0. The summed E-state index contributed by atoms with van der Waals surface area (Å²) >= 11 is 0. The number of hydrogen-bond donors (Lipinski definition) is 2. The van der Waals surface area contributed by atoms with Gasteiger partial charge in [0.1, 0.15) is 17.9 Å². The number of carbonyl (C=O) groups is 1. The van der Waals surface area contributed by atoms with E-state index in [0.29, 0.717) is 28.2 Å². The van der Waals surface area contributed by atoms with E-state index in [1.54, 1.807) is 0 Å². The SMILES string of the molecule is Cc1oc2ncnc(NC3(C)CC3)c2c1C(=O)NC1(C)CCC1. The lowest BCUT2D eigenvalue weighted by Gasteiger charge is -2.39. The van der Waals surface area contributed by atoms with Gasteiger partial charge in [-0.25, -0.2) is 9.97 Å². The van der Waals surface area contributed by atoms with Gasteiger partial charge in [0.2, 0.25) is 5.71 Å². The second-order valence-electron chi connectivity index (χ2n) is 7.49. The third-order valence-corrected chi connectivity index (χ3v) is 5.18. The molecule has 1 amide bonds. The molecule has 23 heavy (non-hydrogen) atoms. The van der Waals surface area contributed by atoms with Crippen molar-refractivity contribution < 1.29 is 9.21 Å². The Labute approximate surface area is 135 Å². The third kappa shape index (κ3) is 2.46. The van der Waals surface area contributed by atoms with Crippen molar-refractivity contribution in [3.8, 4) is 0 Å². The molecule has 4 rings (SSSR count). The zero-order valence-corrected chi connectivity index (χ0v) is 13.8. The highest BCUT2D eigenvalue weighted by Gasteiger charge is 2.39. The van der Waals surface area contributed by atoms with Gasteiger partial charge in [0.15, 0.2) is 0 Å². The summed E-state index contributed by atoms with van der Waals surface area (Å²) in [5.41, 5.74) is 0.993. The molecule has 6 nitrogen and oxygen atoms in total. The Morgan fingerprint density at radius 2 is 1.91 bits per heavy atom. The van der Waals surface area contributed by atoms with Crippen LogP contribution in [0.2, 0.25) is 0 Å². The van der Waals surface area contributed by atoms with Crippen molar-refractivity contribution in [2.75, 3.05) is 5.32 Å². The van der Waals surface area contributed by atoms with Gasteiger partial charge in [0, 0.05) is 11.1 Å². The molecule has 0 unspecified atom stereocenters. The fraction of sp³-hybridized carbons (Fsp3) is 0.588. The number of nitrogens with one attached hydrogen (secondary N) is 2. The predicted molar refractivity (Wildman–Crippen MR) is 87.5 cm³/mol. The van der Waals surface area contributed by atoms with Crippen molar-refractivity contribution >= 4 is 22.8 Å². The van der Waals surface area contributed by atoms with E-state index < -0.39 is 0 Å². The summed E-state index contributed by atoms with van der Waals surface area (Å²) in [5.74, 6) is 1.18. The minimum atomic E-state index is -0.0984. The van der Waals surface area contributed by atoms with Crippen LogP contribution in [0.5, 0.6) is 0 Å². The van der Waals surface area contributed by atoms with Gasteiger partial charge >= 0.3 is 0 Å². The molecule has 2 saturated carbocycles. The number of aryl methyl sites for hydroxylation is 1. The van der Waals surface area contributed by atoms with Crippen LogP contribution in [0.15, 0.2) is 10.7 Å². The lowest BCUT2D eigenvalue weighted by molar-refractivity contribution is 0.0850. The Bertz CT molecular complexity index is 787. The molecular formula is C17H22N4O2. The largest absolute Gasteiger partial charge is 0.442 e. The second-order valence-corrected chi connectivity index (χ2v) is 7.49. The second kappa shape index (κ2) is 4.69. The normalized spacial score (nSPS) is 20.8. The van der Waals surface area contributed by atoms with E-state index >= 15 is 0 Å². The van der Waals surface area contributed by atoms with Crippen molar-refractivity contribution in [3.05, 3.63) is 17.7 Å². The number of hydrogen-bond acceptors (Lipinski definition) is 5. The summed E-state index contributed by atoms with van der Waals surface area (Å²) in [5, 5.41) is 7.29. The predicted octanol–water partition coefficient (Wildman–Crippen LogP) is 3.17. The highest BCUT2D eigenvalue weighted by molar-refractivity contribution is 6.10. The van der Waals surface area contributed by atoms with Gasteiger partial charge in [-0.15, -0.1) is 0 Å². The van der Waals surface area contributed by atoms with Crippen molar-refractivity contribution in [2.45, 2.75) is 64.0 Å². The van der Waals surface area contributed by atoms with Crippen LogP contribution in [0.1, 0.15) is 62.1 Å². The molecule has 2 fully saturated rings. The Morgan fingerprint density at radius 1 is 1.17 bits per heavy atom. The Kier molecular flexibility index (Phi) is 2.95. The third-order valence-electron chi connectivity index (χ3n) is 5.18. The van der Waals surface area contributed by atoms with Crippen LogP contribution >= 0.6 is 0 Å². The van der Waals surface area contributed by atoms with E-state index in [-0.39, 0.29) is 17.0 Å². The smallest absolute Gasteiger partial charge is 0.256 e. The summed E-state index contributed by atoms with van der Waals surface area (Å²) in [6, 6.07) is 0. The van der Waals surface area contributed by atoms with Crippen LogP contribution in [0.3, 0.4) is 0 Å². The molecule has 2 aromatic heterocycles. The Balaban J connectivity index is 1.75. The van der Waals surface area contributed by atoms with Gasteiger partial charge in [-0.2, -0.15) is 0 Å². The zero-order chi connectivity index (χ0) is 16.2. The molecule has 2 heterocycles. The fourth-order valence-electron chi connectivity index (χ4n) is 3.18. The van der Waals surface area contributed by atoms with Gasteiger partial charge in [-0.3, -0.25) is 4.79 Å². The van der Waals surface area contributed by atoms with Crippen LogP contribution in [0.25, 0.3) is 11.1 Å². The van der Waals surface area contributed by atoms with E-state index in [9.17, 15) is 4.79 Å². The minimum absolute atomic E-state index is 0.0696. The van der Waals surface area contributed by atoms with Crippen LogP contribution in [0.4, 0.5) is 5.82 Å². The molecule has 0 spiro atoms. The molecule has 0 saturated heterocycles. The van der Waals surface area contributed by atoms with E-state index in [2.05, 4.69) is 34.4 Å². The first kappa shape index (κ1) is 14.5. The molecule has 0 atom stereocenters. The molecule has 2 N–H and O–H groups in total. The molecule has 122 valence electrons. The van der Waals surface area contributed by atoms with E-state index in [0.717, 1.165) is 32.1 Å². The number of anilines is 1. The quantitative estimate of drug-likeness (QED) is 0.906. The minimum Gasteiger partial charge on any atom is -0.442 e. The average Bonchev–Trinajstić information content (AvgIpc) is 3.06. The summed E-state index contributed by atoms with van der Waals surface area (Å²) < 4.78 is 5.71. The topological polar surface area (TPSA) is 80.1 Å². The average molecular weight is 314 g/mol. The molecule has 0 aliphatic heterocycles. The number of nitrogens with zero attached hydrogens (tertiary/aromatic N) is 2. The lowest BCUT2D eigenvalue weighted by Crippen LogP contribution is -2.51. The lowest BCUT2D eigenvalue weighted by atomic mass is 9.78. The molecule has 2 aliphatic carbocycles. The molecular weight excluding hydrogens is 292 g/mol. The van der Waals surface area contributed by atoms with Crippen LogP contribution < -0.4 is 10.6 Å². The van der Waals surface area contributed by atoms with Gasteiger partial charge in [-0.05, 0) is 52.9 Å². The fourth-order valence-corrected chi connectivity index (χ4v) is 3.18. The number of fused-ring (bicyclic) bond motifs is 1. The van der Waals surface area contributed by atoms with Crippen molar-refractivity contribution in [2.24, 2.45) is 0 Å². The maximum Gasteiger partial charge on any atom is 0.256 e. The number of carbonyl (C=O) groups excluding carboxylic acids is 1. The van der Waals surface area contributed by atoms with Crippen LogP contribution in [0, 0.1) is 6.92 Å². The monoisotopic (exact) mass is 314 g/mol. The zero-order valence-electron chi connectivity index (χ0n) is 13.8. The molecule has 0 radical (unpaired) electrons. The Hall–Kier alpha value is -2.11. The van der Waals surface area contributed by atoms with E-state index in [1.807, 2.05) is 6.92 Å². The molecule has 6 heteroatoms. The van der Waals surface area contributed by atoms with Crippen LogP contribution in [-0.2, 0) is 0 Å². The van der Waals surface area contributed by atoms with Gasteiger partial charge in [-0.1, -0.05) is 0 Å². The maximum atomic E-state index is 12.8. The highest BCUT2D eigenvalue weighted by atomic mass is 16.3. The number of rotatable bonds is 4. The van der Waals surface area contributed by atoms with Crippen molar-refractivity contribution in [3.63, 3.8) is 0 Å². The molecule has 0 aromatic carbocycles. The summed E-state index contributed by atoms with van der Waals surface area (Å²) in [4.78, 5) is 21.4.